The number of nitrogens with one attached hydrogen (secondary N) is 1. The fraction of sp³-hybridized carbons (Fsp3) is 0.415. The topological polar surface area (TPSA) is 155 Å². The number of fused-ring (bicyclic) bond motifs is 3. The van der Waals surface area contributed by atoms with Crippen molar-refractivity contribution in [3.63, 3.8) is 0 Å². The Morgan fingerprint density at radius 2 is 1.59 bits per heavy atom. The predicted molar refractivity (Wildman–Crippen MR) is 209 cm³/mol. The van der Waals surface area contributed by atoms with Crippen LogP contribution in [0.4, 0.5) is 0 Å². The predicted octanol–water partition coefficient (Wildman–Crippen LogP) is 6.47. The molecule has 294 valence electrons. The van der Waals surface area contributed by atoms with Gasteiger partial charge in [-0.05, 0) is 68.7 Å². The number of nitrogens with zero attached hydrogens (tertiary/aromatic N) is 5. The summed E-state index contributed by atoms with van der Waals surface area (Å²) in [6.45, 7) is 8.68. The minimum atomic E-state index is -1.73. The lowest BCUT2D eigenvalue weighted by Gasteiger charge is -2.41. The zero-order chi connectivity index (χ0) is 39.5. The van der Waals surface area contributed by atoms with E-state index >= 15 is 0 Å². The molecule has 3 aromatic carbocycles. The highest BCUT2D eigenvalue weighted by molar-refractivity contribution is 7.44. The monoisotopic (exact) mass is 782 g/mol. The van der Waals surface area contributed by atoms with Crippen molar-refractivity contribution in [1.29, 1.82) is 5.26 Å². The molecule has 1 unspecified atom stereocenters. The van der Waals surface area contributed by atoms with Crippen LogP contribution in [0.5, 0.6) is 11.5 Å². The summed E-state index contributed by atoms with van der Waals surface area (Å²) in [5.41, 5.74) is 0.391. The summed E-state index contributed by atoms with van der Waals surface area (Å²) >= 11 is 0. The zero-order valence-corrected chi connectivity index (χ0v) is 33.2. The Morgan fingerprint density at radius 3 is 2.18 bits per heavy atom. The molecular weight excluding hydrogens is 735 g/mol. The van der Waals surface area contributed by atoms with E-state index < -0.39 is 38.2 Å². The molecule has 7 rings (SSSR count). The van der Waals surface area contributed by atoms with Crippen LogP contribution in [0.25, 0.3) is 11.2 Å². The van der Waals surface area contributed by atoms with Crippen molar-refractivity contribution in [2.75, 3.05) is 34.0 Å². The Hall–Kier alpha value is -4.71. The van der Waals surface area contributed by atoms with E-state index in [1.165, 1.54) is 12.7 Å². The maximum atomic E-state index is 12.7. The lowest BCUT2D eigenvalue weighted by molar-refractivity contribution is -0.202. The number of nitriles is 1. The van der Waals surface area contributed by atoms with Gasteiger partial charge >= 0.3 is 0 Å². The number of aromatic amines is 1. The molecule has 0 spiro atoms. The van der Waals surface area contributed by atoms with E-state index in [1.807, 2.05) is 78.9 Å². The fourth-order valence-electron chi connectivity index (χ4n) is 7.62. The third-order valence-corrected chi connectivity index (χ3v) is 12.3. The maximum Gasteiger partial charge on any atom is 0.278 e. The second-order valence-corrected chi connectivity index (χ2v) is 15.7. The smallest absolute Gasteiger partial charge is 0.278 e. The van der Waals surface area contributed by atoms with Crippen LogP contribution in [0.1, 0.15) is 57.0 Å². The molecule has 4 heterocycles. The van der Waals surface area contributed by atoms with Gasteiger partial charge in [0.2, 0.25) is 0 Å². The first kappa shape index (κ1) is 39.5. The van der Waals surface area contributed by atoms with Crippen molar-refractivity contribution in [3.05, 3.63) is 119 Å². The SMILES string of the molecule is COc1ccc(C(OC[C@@]23CO[C@@H]([C@H](n4cnc5c(=O)[nH]cnc54)O2)[C@@H]3OP(OCCC#N)N(C(C)C)C(C)C)(c2ccccc2)c2ccc(OC)cc2)cc1. The van der Waals surface area contributed by atoms with Gasteiger partial charge in [0.25, 0.3) is 14.1 Å². The second-order valence-electron chi connectivity index (χ2n) is 14.3. The highest BCUT2D eigenvalue weighted by atomic mass is 31.2. The number of ether oxygens (including phenoxy) is 5. The first-order valence-electron chi connectivity index (χ1n) is 18.6. The van der Waals surface area contributed by atoms with Crippen LogP contribution in [0, 0.1) is 11.3 Å². The molecule has 15 heteroatoms. The third kappa shape index (κ3) is 7.32. The molecule has 2 aliphatic rings. The van der Waals surface area contributed by atoms with Crippen LogP contribution in [0.15, 0.2) is 96.3 Å². The molecule has 0 radical (unpaired) electrons. The number of benzene rings is 3. The first-order valence-corrected chi connectivity index (χ1v) is 19.7. The van der Waals surface area contributed by atoms with E-state index in [2.05, 4.69) is 53.4 Å². The van der Waals surface area contributed by atoms with Crippen LogP contribution < -0.4 is 15.0 Å². The molecule has 2 aromatic heterocycles. The van der Waals surface area contributed by atoms with Gasteiger partial charge in [0.15, 0.2) is 17.4 Å². The summed E-state index contributed by atoms with van der Waals surface area (Å²) < 4.78 is 49.6. The molecule has 1 N–H and O–H groups in total. The van der Waals surface area contributed by atoms with Crippen molar-refractivity contribution in [2.24, 2.45) is 0 Å². The minimum absolute atomic E-state index is 0.00296. The lowest BCUT2D eigenvalue weighted by Crippen LogP contribution is -2.49. The summed E-state index contributed by atoms with van der Waals surface area (Å²) in [5.74, 6) is 1.41. The van der Waals surface area contributed by atoms with Gasteiger partial charge in [0.1, 0.15) is 34.9 Å². The minimum Gasteiger partial charge on any atom is -0.497 e. The quantitative estimate of drug-likeness (QED) is 0.0624. The van der Waals surface area contributed by atoms with Crippen LogP contribution in [-0.4, -0.2) is 88.1 Å². The van der Waals surface area contributed by atoms with Crippen LogP contribution in [0.3, 0.4) is 0 Å². The average Bonchev–Trinajstić information content (AvgIpc) is 3.89. The normalized spacial score (nSPS) is 21.2. The Morgan fingerprint density at radius 1 is 0.964 bits per heavy atom. The van der Waals surface area contributed by atoms with Crippen LogP contribution in [-0.2, 0) is 28.9 Å². The van der Waals surface area contributed by atoms with Gasteiger partial charge in [-0.15, -0.1) is 0 Å². The lowest BCUT2D eigenvalue weighted by atomic mass is 9.79. The largest absolute Gasteiger partial charge is 0.497 e. The molecule has 2 fully saturated rings. The Bertz CT molecular complexity index is 2120. The molecule has 56 heavy (non-hydrogen) atoms. The summed E-state index contributed by atoms with van der Waals surface area (Å²) in [4.78, 5) is 24.1. The Kier molecular flexibility index (Phi) is 11.9. The third-order valence-electron chi connectivity index (χ3n) is 10.2. The van der Waals surface area contributed by atoms with Gasteiger partial charge in [-0.3, -0.25) is 9.36 Å². The molecule has 5 atom stereocenters. The number of H-pyrrole nitrogens is 1. The number of imidazole rings is 1. The van der Waals surface area contributed by atoms with E-state index in [1.54, 1.807) is 18.8 Å². The zero-order valence-electron chi connectivity index (χ0n) is 32.3. The fourth-order valence-corrected chi connectivity index (χ4v) is 9.43. The van der Waals surface area contributed by atoms with E-state index in [0.29, 0.717) is 17.1 Å². The van der Waals surface area contributed by atoms with Crippen LogP contribution >= 0.6 is 8.53 Å². The van der Waals surface area contributed by atoms with Crippen molar-refractivity contribution >= 4 is 19.7 Å². The number of aromatic nitrogens is 4. The number of methoxy groups -OCH3 is 2. The molecule has 2 saturated heterocycles. The molecular formula is C41H47N6O8P. The van der Waals surface area contributed by atoms with E-state index in [4.69, 9.17) is 32.7 Å². The summed E-state index contributed by atoms with van der Waals surface area (Å²) in [7, 11) is 1.55. The Balaban J connectivity index is 1.36. The molecule has 5 aromatic rings. The van der Waals surface area contributed by atoms with Crippen LogP contribution in [0.2, 0.25) is 0 Å². The van der Waals surface area contributed by atoms with Crippen molar-refractivity contribution < 1.29 is 32.7 Å². The number of hydrogen-bond acceptors (Lipinski definition) is 12. The molecule has 2 bridgehead atoms. The van der Waals surface area contributed by atoms with Crippen molar-refractivity contribution in [3.8, 4) is 17.6 Å². The van der Waals surface area contributed by atoms with E-state index in [0.717, 1.165) is 16.7 Å². The van der Waals surface area contributed by atoms with E-state index in [-0.39, 0.29) is 49.4 Å². The summed E-state index contributed by atoms with van der Waals surface area (Å²) in [5, 5.41) is 9.40. The maximum absolute atomic E-state index is 12.7. The molecule has 0 aliphatic carbocycles. The summed E-state index contributed by atoms with van der Waals surface area (Å²) in [6.07, 6.45) is 0.905. The standard InChI is InChI=1S/C41H47N6O8P/c1-27(2)47(28(3)4)56(53-22-10-21-42)55-36-35-39(46-26-45-34-37(46)43-25-44-38(34)48)54-40(36,23-51-35)24-52-41(29-11-8-7-9-12-29,30-13-17-32(49-5)18-14-30)31-15-19-33(50-6)20-16-31/h7-9,11-20,25-28,35-36,39H,10,22-24H2,1-6H3,(H,43,44,48)/t35-,36+,39-,40-,56?/m1/s1. The van der Waals surface area contributed by atoms with Gasteiger partial charge in [0.05, 0.1) is 59.2 Å². The second kappa shape index (κ2) is 16.8. The first-order chi connectivity index (χ1) is 27.2. The van der Waals surface area contributed by atoms with Gasteiger partial charge in [-0.1, -0.05) is 54.6 Å². The van der Waals surface area contributed by atoms with Gasteiger partial charge in [-0.2, -0.15) is 5.26 Å². The number of rotatable bonds is 17. The molecule has 14 nitrogen and oxygen atoms in total. The van der Waals surface area contributed by atoms with Gasteiger partial charge in [0, 0.05) is 12.1 Å². The molecule has 2 aliphatic heterocycles. The van der Waals surface area contributed by atoms with Crippen molar-refractivity contribution in [2.45, 2.75) is 75.8 Å². The highest BCUT2D eigenvalue weighted by Crippen LogP contribution is 2.56. The molecule has 0 saturated carbocycles. The van der Waals surface area contributed by atoms with E-state index in [9.17, 15) is 10.1 Å². The van der Waals surface area contributed by atoms with Crippen molar-refractivity contribution in [1.82, 2.24) is 24.2 Å². The van der Waals surface area contributed by atoms with Gasteiger partial charge in [-0.25, -0.2) is 14.6 Å². The highest BCUT2D eigenvalue weighted by Gasteiger charge is 2.65. The number of hydrogen-bond donors (Lipinski definition) is 1. The van der Waals surface area contributed by atoms with Gasteiger partial charge < -0.3 is 37.7 Å². The average molecular weight is 783 g/mol. The molecule has 0 amide bonds. The Labute approximate surface area is 327 Å². The summed E-state index contributed by atoms with van der Waals surface area (Å²) in [6, 6.07) is 28.0.